The molecular formula is C20H22N2O6. The Kier molecular flexibility index (Phi) is 6.59. The second-order valence-electron chi connectivity index (χ2n) is 6.18. The zero-order chi connectivity index (χ0) is 20.8. The van der Waals surface area contributed by atoms with Crippen molar-refractivity contribution in [1.29, 1.82) is 0 Å². The molecule has 0 radical (unpaired) electrons. The molecule has 2 aromatic rings. The first kappa shape index (κ1) is 20.8. The molecule has 0 aromatic heterocycles. The highest BCUT2D eigenvalue weighted by Gasteiger charge is 2.20. The van der Waals surface area contributed by atoms with Crippen LogP contribution < -0.4 is 14.8 Å². The van der Waals surface area contributed by atoms with Gasteiger partial charge in [0.1, 0.15) is 0 Å². The molecule has 2 aromatic carbocycles. The Morgan fingerprint density at radius 3 is 2.25 bits per heavy atom. The molecule has 2 rings (SSSR count). The molecule has 0 atom stereocenters. The van der Waals surface area contributed by atoms with Crippen molar-refractivity contribution in [2.75, 3.05) is 33.6 Å². The lowest BCUT2D eigenvalue weighted by molar-refractivity contribution is -0.115. The number of nitrogens with zero attached hydrogens (tertiary/aromatic N) is 1. The van der Waals surface area contributed by atoms with Gasteiger partial charge in [-0.3, -0.25) is 9.59 Å². The fourth-order valence-corrected chi connectivity index (χ4v) is 2.59. The number of benzene rings is 2. The van der Waals surface area contributed by atoms with Crippen LogP contribution in [0.15, 0.2) is 36.4 Å². The van der Waals surface area contributed by atoms with Crippen molar-refractivity contribution >= 4 is 23.5 Å². The molecule has 28 heavy (non-hydrogen) atoms. The van der Waals surface area contributed by atoms with E-state index in [0.717, 1.165) is 0 Å². The lowest BCUT2D eigenvalue weighted by Crippen LogP contribution is -2.24. The van der Waals surface area contributed by atoms with Crippen molar-refractivity contribution in [1.82, 2.24) is 4.90 Å². The third-order valence-corrected chi connectivity index (χ3v) is 3.97. The smallest absolute Gasteiger partial charge is 0.335 e. The monoisotopic (exact) mass is 386 g/mol. The molecule has 0 aliphatic heterocycles. The lowest BCUT2D eigenvalue weighted by atomic mass is 10.1. The van der Waals surface area contributed by atoms with Gasteiger partial charge in [0, 0.05) is 20.2 Å². The number of carbonyl (C=O) groups excluding carboxylic acids is 2. The fourth-order valence-electron chi connectivity index (χ4n) is 2.59. The molecule has 0 saturated heterocycles. The van der Waals surface area contributed by atoms with Crippen molar-refractivity contribution in [3.8, 4) is 11.5 Å². The molecule has 2 amide bonds. The van der Waals surface area contributed by atoms with Crippen LogP contribution >= 0.6 is 0 Å². The van der Waals surface area contributed by atoms with Crippen molar-refractivity contribution < 1.29 is 29.0 Å². The summed E-state index contributed by atoms with van der Waals surface area (Å²) < 4.78 is 10.5. The van der Waals surface area contributed by atoms with Gasteiger partial charge in [-0.1, -0.05) is 12.1 Å². The number of ether oxygens (including phenoxy) is 2. The first-order valence-electron chi connectivity index (χ1n) is 8.36. The van der Waals surface area contributed by atoms with E-state index in [-0.39, 0.29) is 29.1 Å². The predicted octanol–water partition coefficient (Wildman–Crippen LogP) is 2.29. The number of nitrogens with one attached hydrogen (secondary N) is 1. The average molecular weight is 386 g/mol. The normalized spacial score (nSPS) is 10.1. The third-order valence-electron chi connectivity index (χ3n) is 3.97. The number of methoxy groups -OCH3 is 2. The number of amides is 2. The molecule has 0 spiro atoms. The van der Waals surface area contributed by atoms with Gasteiger partial charge < -0.3 is 24.8 Å². The molecule has 0 fully saturated rings. The Morgan fingerprint density at radius 2 is 1.68 bits per heavy atom. The van der Waals surface area contributed by atoms with E-state index >= 15 is 0 Å². The van der Waals surface area contributed by atoms with E-state index in [1.54, 1.807) is 26.2 Å². The number of hydrogen-bond donors (Lipinski definition) is 2. The Hall–Kier alpha value is -3.55. The third kappa shape index (κ3) is 4.79. The van der Waals surface area contributed by atoms with E-state index in [9.17, 15) is 14.4 Å². The van der Waals surface area contributed by atoms with Gasteiger partial charge in [-0.2, -0.15) is 0 Å². The summed E-state index contributed by atoms with van der Waals surface area (Å²) in [5, 5.41) is 11.8. The highest BCUT2D eigenvalue weighted by atomic mass is 16.5. The van der Waals surface area contributed by atoms with Crippen LogP contribution in [0, 0.1) is 0 Å². The molecule has 0 saturated carbocycles. The van der Waals surface area contributed by atoms with Gasteiger partial charge in [-0.25, -0.2) is 4.79 Å². The predicted molar refractivity (Wildman–Crippen MR) is 103 cm³/mol. The highest BCUT2D eigenvalue weighted by molar-refractivity contribution is 6.04. The van der Waals surface area contributed by atoms with Crippen LogP contribution in [0.2, 0.25) is 0 Å². The average Bonchev–Trinajstić information content (AvgIpc) is 2.66. The quantitative estimate of drug-likeness (QED) is 0.756. The lowest BCUT2D eigenvalue weighted by Gasteiger charge is -2.18. The molecule has 0 bridgehead atoms. The van der Waals surface area contributed by atoms with Gasteiger partial charge in [0.25, 0.3) is 5.91 Å². The largest absolute Gasteiger partial charge is 0.493 e. The summed E-state index contributed by atoms with van der Waals surface area (Å²) in [6.45, 7) is 0. The number of carboxylic acids is 1. The minimum Gasteiger partial charge on any atom is -0.493 e. The van der Waals surface area contributed by atoms with Crippen molar-refractivity contribution in [2.24, 2.45) is 0 Å². The van der Waals surface area contributed by atoms with E-state index in [2.05, 4.69) is 5.32 Å². The second kappa shape index (κ2) is 8.90. The van der Waals surface area contributed by atoms with Gasteiger partial charge in [0.05, 0.1) is 37.5 Å². The fraction of sp³-hybridized carbons (Fsp3) is 0.250. The summed E-state index contributed by atoms with van der Waals surface area (Å²) in [5.41, 5.74) is 1.16. The van der Waals surface area contributed by atoms with Gasteiger partial charge in [-0.15, -0.1) is 0 Å². The number of carbonyl (C=O) groups is 3. The van der Waals surface area contributed by atoms with Crippen LogP contribution in [0.1, 0.15) is 26.3 Å². The molecular weight excluding hydrogens is 364 g/mol. The van der Waals surface area contributed by atoms with Gasteiger partial charge in [-0.05, 0) is 23.8 Å². The summed E-state index contributed by atoms with van der Waals surface area (Å²) >= 11 is 0. The second-order valence-corrected chi connectivity index (χ2v) is 6.18. The summed E-state index contributed by atoms with van der Waals surface area (Å²) in [5.74, 6) is -1.06. The van der Waals surface area contributed by atoms with Gasteiger partial charge >= 0.3 is 5.97 Å². The first-order valence-corrected chi connectivity index (χ1v) is 8.36. The minimum absolute atomic E-state index is 0.0505. The van der Waals surface area contributed by atoms with Crippen LogP contribution in [0.25, 0.3) is 0 Å². The van der Waals surface area contributed by atoms with Gasteiger partial charge in [0.15, 0.2) is 11.5 Å². The molecule has 0 heterocycles. The first-order chi connectivity index (χ1) is 13.3. The van der Waals surface area contributed by atoms with Crippen LogP contribution in [-0.2, 0) is 11.2 Å². The summed E-state index contributed by atoms with van der Waals surface area (Å²) in [6.07, 6.45) is -0.0505. The van der Waals surface area contributed by atoms with Crippen LogP contribution in [-0.4, -0.2) is 56.1 Å². The Morgan fingerprint density at radius 1 is 1.04 bits per heavy atom. The molecule has 0 unspecified atom stereocenters. The van der Waals surface area contributed by atoms with E-state index in [0.29, 0.717) is 17.1 Å². The van der Waals surface area contributed by atoms with Crippen LogP contribution in [0.4, 0.5) is 5.69 Å². The standard InChI is InChI=1S/C20H22N2O6/c1-22(2)19(24)14-10-16(27-3)17(28-4)11-15(14)21-18(23)9-12-6-5-7-13(8-12)20(25)26/h5-8,10-11H,9H2,1-4H3,(H,21,23)(H,25,26). The number of hydrogen-bond acceptors (Lipinski definition) is 5. The van der Waals surface area contributed by atoms with E-state index in [1.165, 1.54) is 43.4 Å². The summed E-state index contributed by atoms with van der Waals surface area (Å²) in [7, 11) is 6.11. The van der Waals surface area contributed by atoms with Crippen LogP contribution in [0.5, 0.6) is 11.5 Å². The van der Waals surface area contributed by atoms with Crippen molar-refractivity contribution in [2.45, 2.75) is 6.42 Å². The molecule has 0 aliphatic carbocycles. The summed E-state index contributed by atoms with van der Waals surface area (Å²) in [4.78, 5) is 37.5. The highest BCUT2D eigenvalue weighted by Crippen LogP contribution is 2.34. The van der Waals surface area contributed by atoms with Gasteiger partial charge in [0.2, 0.25) is 5.91 Å². The Bertz CT molecular complexity index is 908. The molecule has 0 aliphatic rings. The topological polar surface area (TPSA) is 105 Å². The van der Waals surface area contributed by atoms with E-state index in [4.69, 9.17) is 14.6 Å². The molecule has 8 nitrogen and oxygen atoms in total. The maximum Gasteiger partial charge on any atom is 0.335 e. The van der Waals surface area contributed by atoms with E-state index < -0.39 is 11.9 Å². The molecule has 8 heteroatoms. The van der Waals surface area contributed by atoms with Crippen molar-refractivity contribution in [3.05, 3.63) is 53.1 Å². The minimum atomic E-state index is -1.07. The number of carboxylic acid groups (broad SMARTS) is 1. The number of aromatic carboxylic acids is 1. The Labute approximate surface area is 162 Å². The van der Waals surface area contributed by atoms with Crippen molar-refractivity contribution in [3.63, 3.8) is 0 Å². The molecule has 148 valence electrons. The maximum atomic E-state index is 12.5. The SMILES string of the molecule is COc1cc(NC(=O)Cc2cccc(C(=O)O)c2)c(C(=O)N(C)C)cc1OC. The molecule has 2 N–H and O–H groups in total. The number of rotatable bonds is 7. The zero-order valence-corrected chi connectivity index (χ0v) is 16.1. The number of anilines is 1. The Balaban J connectivity index is 2.33. The summed E-state index contributed by atoms with van der Waals surface area (Å²) in [6, 6.07) is 9.13. The maximum absolute atomic E-state index is 12.5. The zero-order valence-electron chi connectivity index (χ0n) is 16.1. The van der Waals surface area contributed by atoms with E-state index in [1.807, 2.05) is 0 Å². The van der Waals surface area contributed by atoms with Crippen LogP contribution in [0.3, 0.4) is 0 Å².